The third-order valence-corrected chi connectivity index (χ3v) is 5.18. The van der Waals surface area contributed by atoms with Crippen LogP contribution >= 0.6 is 34.2 Å². The Morgan fingerprint density at radius 2 is 2.06 bits per heavy atom. The summed E-state index contributed by atoms with van der Waals surface area (Å²) in [6.45, 7) is 0.673. The van der Waals surface area contributed by atoms with Gasteiger partial charge in [-0.15, -0.1) is 0 Å². The van der Waals surface area contributed by atoms with Crippen LogP contribution in [0.15, 0.2) is 6.07 Å². The molecule has 0 unspecified atom stereocenters. The van der Waals surface area contributed by atoms with Gasteiger partial charge in [0.2, 0.25) is 0 Å². The second kappa shape index (κ2) is 3.34. The molecule has 17 heavy (non-hydrogen) atoms. The summed E-state index contributed by atoms with van der Waals surface area (Å²) in [5.74, 6) is -1.91. The van der Waals surface area contributed by atoms with Crippen molar-refractivity contribution in [1.82, 2.24) is 4.98 Å². The molecule has 92 valence electrons. The Balaban J connectivity index is 1.80. The monoisotopic (exact) mass is 371 g/mol. The number of hydrogen-bond acceptors (Lipinski definition) is 3. The minimum absolute atomic E-state index is 0.00984. The number of halogens is 4. The van der Waals surface area contributed by atoms with E-state index in [1.54, 1.807) is 11.0 Å². The van der Waals surface area contributed by atoms with Crippen LogP contribution in [0.1, 0.15) is 6.42 Å². The van der Waals surface area contributed by atoms with E-state index in [4.69, 9.17) is 17.3 Å². The Morgan fingerprint density at radius 3 is 2.53 bits per heavy atom. The summed E-state index contributed by atoms with van der Waals surface area (Å²) < 4.78 is 26.8. The zero-order chi connectivity index (χ0) is 12.4. The first-order valence-electron chi connectivity index (χ1n) is 5.09. The van der Waals surface area contributed by atoms with Crippen LogP contribution in [-0.2, 0) is 0 Å². The molecule has 0 aromatic carbocycles. The number of hydrogen-bond donors (Lipinski definition) is 1. The highest BCUT2D eigenvalue weighted by molar-refractivity contribution is 14.1. The fourth-order valence-electron chi connectivity index (χ4n) is 2.24. The fourth-order valence-corrected chi connectivity index (χ4v) is 2.71. The quantitative estimate of drug-likeness (QED) is 0.610. The number of nitrogens with two attached hydrogens (primary N) is 1. The van der Waals surface area contributed by atoms with Crippen molar-refractivity contribution in [3.63, 3.8) is 0 Å². The third kappa shape index (κ3) is 1.60. The zero-order valence-corrected chi connectivity index (χ0v) is 11.6. The number of nitrogens with zero attached hydrogens (tertiary/aromatic N) is 2. The molecular formula is C10H9ClF2IN3. The fraction of sp³-hybridized carbons (Fsp3) is 0.500. The average Bonchev–Trinajstić information content (AvgIpc) is 2.75. The van der Waals surface area contributed by atoms with Crippen molar-refractivity contribution in [2.45, 2.75) is 12.3 Å². The molecule has 0 atom stereocenters. The van der Waals surface area contributed by atoms with E-state index in [9.17, 15) is 8.78 Å². The number of pyridine rings is 1. The Bertz CT molecular complexity index is 479. The summed E-state index contributed by atoms with van der Waals surface area (Å²) >= 11 is 7.92. The first-order chi connectivity index (χ1) is 7.85. The predicted octanol–water partition coefficient (Wildman–Crippen LogP) is 2.77. The summed E-state index contributed by atoms with van der Waals surface area (Å²) in [5, 5.41) is 0.323. The molecule has 2 aliphatic rings. The lowest BCUT2D eigenvalue weighted by atomic mass is 9.96. The van der Waals surface area contributed by atoms with E-state index >= 15 is 0 Å². The highest BCUT2D eigenvalue weighted by Crippen LogP contribution is 2.65. The van der Waals surface area contributed by atoms with Crippen molar-refractivity contribution in [3.05, 3.63) is 14.8 Å². The van der Waals surface area contributed by atoms with Crippen LogP contribution in [0.2, 0.25) is 5.15 Å². The SMILES string of the molecule is Nc1cc(N2CC3(C2)CC3(F)F)nc(Cl)c1I. The Morgan fingerprint density at radius 1 is 1.47 bits per heavy atom. The Hall–Kier alpha value is -0.370. The smallest absolute Gasteiger partial charge is 0.258 e. The van der Waals surface area contributed by atoms with Crippen molar-refractivity contribution in [3.8, 4) is 0 Å². The number of anilines is 2. The molecule has 0 amide bonds. The lowest BCUT2D eigenvalue weighted by molar-refractivity contribution is 0.0518. The van der Waals surface area contributed by atoms with Crippen LogP contribution in [0, 0.1) is 8.99 Å². The largest absolute Gasteiger partial charge is 0.398 e. The second-order valence-corrected chi connectivity index (χ2v) is 6.13. The number of alkyl halides is 2. The van der Waals surface area contributed by atoms with Crippen LogP contribution in [0.3, 0.4) is 0 Å². The summed E-state index contributed by atoms with van der Waals surface area (Å²) in [7, 11) is 0. The van der Waals surface area contributed by atoms with Gasteiger partial charge in [-0.2, -0.15) is 0 Å². The van der Waals surface area contributed by atoms with Gasteiger partial charge in [0.15, 0.2) is 0 Å². The van der Waals surface area contributed by atoms with Crippen LogP contribution in [0.25, 0.3) is 0 Å². The molecule has 3 rings (SSSR count). The Labute approximate surface area is 115 Å². The molecule has 0 bridgehead atoms. The van der Waals surface area contributed by atoms with Gasteiger partial charge in [-0.05, 0) is 22.6 Å². The van der Waals surface area contributed by atoms with Gasteiger partial charge >= 0.3 is 0 Å². The third-order valence-electron chi connectivity index (χ3n) is 3.45. The van der Waals surface area contributed by atoms with Gasteiger partial charge < -0.3 is 10.6 Å². The van der Waals surface area contributed by atoms with Gasteiger partial charge in [0.1, 0.15) is 11.0 Å². The van der Waals surface area contributed by atoms with Gasteiger partial charge in [0.25, 0.3) is 5.92 Å². The van der Waals surface area contributed by atoms with E-state index in [0.717, 1.165) is 0 Å². The molecule has 3 nitrogen and oxygen atoms in total. The maximum absolute atomic E-state index is 13.0. The molecule has 1 saturated carbocycles. The van der Waals surface area contributed by atoms with E-state index in [1.165, 1.54) is 0 Å². The molecule has 1 aromatic rings. The molecule has 1 aliphatic carbocycles. The van der Waals surface area contributed by atoms with Crippen LogP contribution in [0.4, 0.5) is 20.3 Å². The molecule has 0 radical (unpaired) electrons. The maximum Gasteiger partial charge on any atom is 0.258 e. The topological polar surface area (TPSA) is 42.1 Å². The number of nitrogen functional groups attached to an aromatic ring is 1. The van der Waals surface area contributed by atoms with Crippen molar-refractivity contribution in [2.24, 2.45) is 5.41 Å². The molecular weight excluding hydrogens is 362 g/mol. The lowest BCUT2D eigenvalue weighted by Crippen LogP contribution is -2.51. The summed E-state index contributed by atoms with van der Waals surface area (Å²) in [4.78, 5) is 5.95. The molecule has 1 saturated heterocycles. The first kappa shape index (κ1) is 11.7. The predicted molar refractivity (Wildman–Crippen MR) is 70.6 cm³/mol. The van der Waals surface area contributed by atoms with Gasteiger partial charge in [-0.25, -0.2) is 13.8 Å². The van der Waals surface area contributed by atoms with Gasteiger partial charge in [-0.3, -0.25) is 0 Å². The first-order valence-corrected chi connectivity index (χ1v) is 6.55. The molecule has 2 N–H and O–H groups in total. The molecule has 2 fully saturated rings. The van der Waals surface area contributed by atoms with Crippen molar-refractivity contribution in [1.29, 1.82) is 0 Å². The standard InChI is InChI=1S/C10H9ClF2IN3/c11-8-7(14)5(15)1-6(16-8)17-3-9(4-17)2-10(9,12)13/h1H,2-4H2,(H2,15,16). The van der Waals surface area contributed by atoms with Crippen molar-refractivity contribution >= 4 is 45.7 Å². The summed E-state index contributed by atoms with van der Waals surface area (Å²) in [6, 6.07) is 1.68. The van der Waals surface area contributed by atoms with E-state index in [-0.39, 0.29) is 6.42 Å². The van der Waals surface area contributed by atoms with Gasteiger partial charge in [0.05, 0.1) is 14.7 Å². The van der Waals surface area contributed by atoms with E-state index in [1.807, 2.05) is 22.6 Å². The van der Waals surface area contributed by atoms with E-state index in [2.05, 4.69) is 4.98 Å². The molecule has 1 spiro atoms. The highest BCUT2D eigenvalue weighted by Gasteiger charge is 2.76. The highest BCUT2D eigenvalue weighted by atomic mass is 127. The summed E-state index contributed by atoms with van der Waals surface area (Å²) in [6.07, 6.45) is -0.00984. The lowest BCUT2D eigenvalue weighted by Gasteiger charge is -2.41. The minimum Gasteiger partial charge on any atom is -0.398 e. The van der Waals surface area contributed by atoms with Crippen LogP contribution in [-0.4, -0.2) is 24.0 Å². The van der Waals surface area contributed by atoms with E-state index < -0.39 is 11.3 Å². The maximum atomic E-state index is 13.0. The Kier molecular flexibility index (Phi) is 2.30. The van der Waals surface area contributed by atoms with Gasteiger partial charge in [-0.1, -0.05) is 11.6 Å². The molecule has 2 heterocycles. The number of rotatable bonds is 1. The number of aromatic nitrogens is 1. The van der Waals surface area contributed by atoms with Crippen LogP contribution < -0.4 is 10.6 Å². The second-order valence-electron chi connectivity index (χ2n) is 4.69. The molecule has 1 aliphatic heterocycles. The van der Waals surface area contributed by atoms with Crippen molar-refractivity contribution in [2.75, 3.05) is 23.7 Å². The molecule has 7 heteroatoms. The molecule has 1 aromatic heterocycles. The van der Waals surface area contributed by atoms with Gasteiger partial charge in [0, 0.05) is 25.6 Å². The normalized spacial score (nSPS) is 23.6. The van der Waals surface area contributed by atoms with E-state index in [0.29, 0.717) is 33.3 Å². The van der Waals surface area contributed by atoms with Crippen molar-refractivity contribution < 1.29 is 8.78 Å². The average molecular weight is 372 g/mol. The summed E-state index contributed by atoms with van der Waals surface area (Å²) in [5.41, 5.74) is 5.49. The zero-order valence-electron chi connectivity index (χ0n) is 8.68. The van der Waals surface area contributed by atoms with Crippen LogP contribution in [0.5, 0.6) is 0 Å². The minimum atomic E-state index is -2.50.